The molecule has 3 heterocycles. The minimum Gasteiger partial charge on any atom is -0.479 e. The molecule has 1 aliphatic heterocycles. The van der Waals surface area contributed by atoms with Crippen LogP contribution in [0.4, 0.5) is 5.95 Å². The lowest BCUT2D eigenvalue weighted by molar-refractivity contribution is 0.122. The lowest BCUT2D eigenvalue weighted by atomic mass is 10.4. The van der Waals surface area contributed by atoms with Crippen molar-refractivity contribution in [2.75, 3.05) is 38.3 Å². The van der Waals surface area contributed by atoms with E-state index in [-0.39, 0.29) is 5.28 Å². The first-order chi connectivity index (χ1) is 10.3. The molecular formula is C12H13ClN6O2. The van der Waals surface area contributed by atoms with Crippen LogP contribution in [0.3, 0.4) is 0 Å². The Bertz CT molecular complexity index is 635. The monoisotopic (exact) mass is 308 g/mol. The number of halogens is 1. The third-order valence-corrected chi connectivity index (χ3v) is 3.13. The van der Waals surface area contributed by atoms with E-state index >= 15 is 0 Å². The smallest absolute Gasteiger partial charge is 0.243 e. The fourth-order valence-electron chi connectivity index (χ4n) is 1.98. The van der Waals surface area contributed by atoms with Gasteiger partial charge in [0, 0.05) is 25.5 Å². The van der Waals surface area contributed by atoms with Crippen LogP contribution in [0, 0.1) is 0 Å². The van der Waals surface area contributed by atoms with Crippen molar-refractivity contribution >= 4 is 17.5 Å². The summed E-state index contributed by atoms with van der Waals surface area (Å²) >= 11 is 6.01. The van der Waals surface area contributed by atoms with Gasteiger partial charge >= 0.3 is 0 Å². The Labute approximate surface area is 126 Å². The van der Waals surface area contributed by atoms with E-state index in [4.69, 9.17) is 21.1 Å². The maximum absolute atomic E-state index is 6.01. The summed E-state index contributed by atoms with van der Waals surface area (Å²) in [5.41, 5.74) is 0.429. The molecule has 110 valence electrons. The Morgan fingerprint density at radius 3 is 2.67 bits per heavy atom. The summed E-state index contributed by atoms with van der Waals surface area (Å²) in [6.07, 6.45) is 3.08. The van der Waals surface area contributed by atoms with Crippen molar-refractivity contribution in [3.05, 3.63) is 17.7 Å². The predicted molar refractivity (Wildman–Crippen MR) is 75.4 cm³/mol. The molecule has 9 heteroatoms. The van der Waals surface area contributed by atoms with Gasteiger partial charge in [-0.25, -0.2) is 9.97 Å². The molecule has 1 aliphatic rings. The first-order valence-corrected chi connectivity index (χ1v) is 6.75. The minimum atomic E-state index is 0.106. The van der Waals surface area contributed by atoms with Crippen molar-refractivity contribution in [2.45, 2.75) is 0 Å². The van der Waals surface area contributed by atoms with Crippen LogP contribution < -0.4 is 9.64 Å². The molecule has 1 fully saturated rings. The summed E-state index contributed by atoms with van der Waals surface area (Å²) < 4.78 is 10.5. The Balaban J connectivity index is 2.01. The Hall–Kier alpha value is -2.06. The van der Waals surface area contributed by atoms with Crippen LogP contribution in [0.1, 0.15) is 0 Å². The van der Waals surface area contributed by atoms with Gasteiger partial charge in [0.25, 0.3) is 0 Å². The SMILES string of the molecule is COc1nccnc1-c1nc(Cl)nc(N2CCOCC2)n1. The van der Waals surface area contributed by atoms with Gasteiger partial charge in [0.2, 0.25) is 17.1 Å². The maximum Gasteiger partial charge on any atom is 0.243 e. The molecule has 0 bridgehead atoms. The molecule has 0 spiro atoms. The fourth-order valence-corrected chi connectivity index (χ4v) is 2.13. The molecule has 0 aliphatic carbocycles. The number of rotatable bonds is 3. The van der Waals surface area contributed by atoms with Crippen molar-refractivity contribution < 1.29 is 9.47 Å². The van der Waals surface area contributed by atoms with Crippen LogP contribution in [0.5, 0.6) is 5.88 Å². The predicted octanol–water partition coefficient (Wildman–Crippen LogP) is 0.827. The number of hydrogen-bond donors (Lipinski definition) is 0. The van der Waals surface area contributed by atoms with Crippen LogP contribution in [0.2, 0.25) is 5.28 Å². The Morgan fingerprint density at radius 2 is 1.90 bits per heavy atom. The number of nitrogens with zero attached hydrogens (tertiary/aromatic N) is 6. The number of anilines is 1. The molecule has 2 aromatic heterocycles. The molecule has 8 nitrogen and oxygen atoms in total. The maximum atomic E-state index is 6.01. The summed E-state index contributed by atoms with van der Waals surface area (Å²) in [7, 11) is 1.51. The van der Waals surface area contributed by atoms with Crippen molar-refractivity contribution in [3.8, 4) is 17.4 Å². The molecule has 0 saturated carbocycles. The van der Waals surface area contributed by atoms with Gasteiger partial charge in [-0.1, -0.05) is 0 Å². The van der Waals surface area contributed by atoms with E-state index in [0.717, 1.165) is 0 Å². The first kappa shape index (κ1) is 13.9. The second-order valence-electron chi connectivity index (χ2n) is 4.24. The van der Waals surface area contributed by atoms with Crippen molar-refractivity contribution in [1.29, 1.82) is 0 Å². The summed E-state index contributed by atoms with van der Waals surface area (Å²) in [5.74, 6) is 1.18. The Morgan fingerprint density at radius 1 is 1.14 bits per heavy atom. The number of morpholine rings is 1. The average Bonchev–Trinajstić information content (AvgIpc) is 2.55. The first-order valence-electron chi connectivity index (χ1n) is 6.37. The highest BCUT2D eigenvalue weighted by Crippen LogP contribution is 2.24. The molecule has 21 heavy (non-hydrogen) atoms. The number of aromatic nitrogens is 5. The van der Waals surface area contributed by atoms with Crippen LogP contribution >= 0.6 is 11.6 Å². The van der Waals surface area contributed by atoms with Crippen molar-refractivity contribution in [3.63, 3.8) is 0 Å². The van der Waals surface area contributed by atoms with Crippen LogP contribution in [0.15, 0.2) is 12.4 Å². The highest BCUT2D eigenvalue weighted by molar-refractivity contribution is 6.28. The van der Waals surface area contributed by atoms with Gasteiger partial charge < -0.3 is 14.4 Å². The van der Waals surface area contributed by atoms with Gasteiger partial charge in [0.05, 0.1) is 20.3 Å². The zero-order valence-electron chi connectivity index (χ0n) is 11.4. The van der Waals surface area contributed by atoms with E-state index in [1.54, 1.807) is 6.20 Å². The largest absolute Gasteiger partial charge is 0.479 e. The third kappa shape index (κ3) is 3.01. The Kier molecular flexibility index (Phi) is 4.07. The summed E-state index contributed by atoms with van der Waals surface area (Å²) in [6, 6.07) is 0. The standard InChI is InChI=1S/C12H13ClN6O2/c1-20-10-8(14-2-3-15-10)9-16-11(13)18-12(17-9)19-4-6-21-7-5-19/h2-3H,4-7H2,1H3. The lowest BCUT2D eigenvalue weighted by Crippen LogP contribution is -2.37. The molecule has 3 rings (SSSR count). The normalized spacial score (nSPS) is 15.0. The highest BCUT2D eigenvalue weighted by atomic mass is 35.5. The molecule has 0 aromatic carbocycles. The van der Waals surface area contributed by atoms with E-state index < -0.39 is 0 Å². The summed E-state index contributed by atoms with van der Waals surface area (Å²) in [4.78, 5) is 23.0. The zero-order valence-corrected chi connectivity index (χ0v) is 12.1. The van der Waals surface area contributed by atoms with E-state index in [1.165, 1.54) is 13.3 Å². The van der Waals surface area contributed by atoms with Gasteiger partial charge in [-0.15, -0.1) is 0 Å². The number of hydrogen-bond acceptors (Lipinski definition) is 8. The molecule has 1 saturated heterocycles. The van der Waals surface area contributed by atoms with E-state index in [1.807, 2.05) is 4.90 Å². The lowest BCUT2D eigenvalue weighted by Gasteiger charge is -2.26. The van der Waals surface area contributed by atoms with Gasteiger partial charge in [-0.05, 0) is 11.6 Å². The van der Waals surface area contributed by atoms with E-state index in [2.05, 4.69) is 24.9 Å². The molecule has 0 N–H and O–H groups in total. The average molecular weight is 309 g/mol. The van der Waals surface area contributed by atoms with Gasteiger partial charge in [-0.3, -0.25) is 0 Å². The minimum absolute atomic E-state index is 0.106. The molecule has 2 aromatic rings. The van der Waals surface area contributed by atoms with Gasteiger partial charge in [-0.2, -0.15) is 15.0 Å². The quantitative estimate of drug-likeness (QED) is 0.824. The molecule has 0 radical (unpaired) electrons. The topological polar surface area (TPSA) is 86.2 Å². The summed E-state index contributed by atoms with van der Waals surface area (Å²) in [5, 5.41) is 0.106. The second-order valence-corrected chi connectivity index (χ2v) is 4.58. The molecule has 0 unspecified atom stereocenters. The molecule has 0 atom stereocenters. The van der Waals surface area contributed by atoms with Crippen molar-refractivity contribution in [1.82, 2.24) is 24.9 Å². The van der Waals surface area contributed by atoms with Gasteiger partial charge in [0.15, 0.2) is 11.5 Å². The number of methoxy groups -OCH3 is 1. The van der Waals surface area contributed by atoms with Crippen LogP contribution in [-0.2, 0) is 4.74 Å². The van der Waals surface area contributed by atoms with E-state index in [9.17, 15) is 0 Å². The van der Waals surface area contributed by atoms with Crippen molar-refractivity contribution in [2.24, 2.45) is 0 Å². The number of ether oxygens (including phenoxy) is 2. The third-order valence-electron chi connectivity index (χ3n) is 2.96. The van der Waals surface area contributed by atoms with Gasteiger partial charge in [0.1, 0.15) is 0 Å². The molecule has 0 amide bonds. The highest BCUT2D eigenvalue weighted by Gasteiger charge is 2.19. The van der Waals surface area contributed by atoms with Crippen LogP contribution in [-0.4, -0.2) is 58.3 Å². The van der Waals surface area contributed by atoms with Crippen LogP contribution in [0.25, 0.3) is 11.5 Å². The second kappa shape index (κ2) is 6.15. The van der Waals surface area contributed by atoms with E-state index in [0.29, 0.717) is 49.6 Å². The fraction of sp³-hybridized carbons (Fsp3) is 0.417. The summed E-state index contributed by atoms with van der Waals surface area (Å²) in [6.45, 7) is 2.68. The molecular weight excluding hydrogens is 296 g/mol. The zero-order chi connectivity index (χ0) is 14.7.